The summed E-state index contributed by atoms with van der Waals surface area (Å²) in [7, 11) is -2.99. The van der Waals surface area contributed by atoms with E-state index in [2.05, 4.69) is 11.1 Å². The van der Waals surface area contributed by atoms with Crippen LogP contribution in [0.1, 0.15) is 25.8 Å². The van der Waals surface area contributed by atoms with E-state index in [0.29, 0.717) is 25.9 Å². The summed E-state index contributed by atoms with van der Waals surface area (Å²) in [6.07, 6.45) is 2.92. The monoisotopic (exact) mass is 372 g/mol. The van der Waals surface area contributed by atoms with E-state index in [4.69, 9.17) is 0 Å². The van der Waals surface area contributed by atoms with Crippen molar-refractivity contribution in [2.45, 2.75) is 26.7 Å². The number of likely N-dealkylation sites (tertiary alicyclic amines) is 1. The molecule has 0 bridgehead atoms. The number of nitrogens with zero attached hydrogens (tertiary/aromatic N) is 2. The molecule has 2 atom stereocenters. The van der Waals surface area contributed by atoms with E-state index in [1.165, 1.54) is 0 Å². The predicted molar refractivity (Wildman–Crippen MR) is 102 cm³/mol. The largest absolute Gasteiger partial charge is 0.341 e. The second-order valence-electron chi connectivity index (χ2n) is 8.44. The third kappa shape index (κ3) is 2.90. The zero-order valence-corrected chi connectivity index (χ0v) is 16.1. The van der Waals surface area contributed by atoms with E-state index < -0.39 is 9.84 Å². The SMILES string of the molecule is C[C@@]12CN(C(=O)CCc3cnc4ccccc4c3)C[C@]1(C)CS(=O)(=O)C2. The van der Waals surface area contributed by atoms with Crippen LogP contribution in [0.5, 0.6) is 0 Å². The van der Waals surface area contributed by atoms with Gasteiger partial charge in [0.2, 0.25) is 5.91 Å². The smallest absolute Gasteiger partial charge is 0.222 e. The minimum atomic E-state index is -2.99. The molecule has 138 valence electrons. The van der Waals surface area contributed by atoms with Gasteiger partial charge in [0, 0.05) is 41.9 Å². The molecule has 0 radical (unpaired) electrons. The topological polar surface area (TPSA) is 67.3 Å². The van der Waals surface area contributed by atoms with Crippen LogP contribution in [-0.2, 0) is 21.1 Å². The lowest BCUT2D eigenvalue weighted by molar-refractivity contribution is -0.130. The predicted octanol–water partition coefficient (Wildman–Crippen LogP) is 2.45. The summed E-state index contributed by atoms with van der Waals surface area (Å²) in [4.78, 5) is 19.0. The molecule has 0 N–H and O–H groups in total. The maximum atomic E-state index is 12.7. The Balaban J connectivity index is 1.43. The molecule has 1 aromatic carbocycles. The molecular formula is C20H24N2O3S. The summed E-state index contributed by atoms with van der Waals surface area (Å²) >= 11 is 0. The Morgan fingerprint density at radius 3 is 2.50 bits per heavy atom. The Morgan fingerprint density at radius 1 is 1.15 bits per heavy atom. The molecule has 2 aromatic rings. The molecule has 2 aliphatic heterocycles. The molecular weight excluding hydrogens is 348 g/mol. The highest BCUT2D eigenvalue weighted by molar-refractivity contribution is 7.91. The van der Waals surface area contributed by atoms with Crippen LogP contribution in [0.3, 0.4) is 0 Å². The zero-order valence-electron chi connectivity index (χ0n) is 15.2. The van der Waals surface area contributed by atoms with Crippen molar-refractivity contribution in [2.24, 2.45) is 10.8 Å². The summed E-state index contributed by atoms with van der Waals surface area (Å²) in [5.41, 5.74) is 1.35. The Hall–Kier alpha value is -1.95. The Kier molecular flexibility index (Phi) is 3.88. The van der Waals surface area contributed by atoms with Crippen LogP contribution in [-0.4, -0.2) is 48.8 Å². The lowest BCUT2D eigenvalue weighted by Gasteiger charge is -2.29. The van der Waals surface area contributed by atoms with E-state index in [0.717, 1.165) is 16.5 Å². The average molecular weight is 372 g/mol. The van der Waals surface area contributed by atoms with Gasteiger partial charge in [-0.1, -0.05) is 32.0 Å². The van der Waals surface area contributed by atoms with Crippen molar-refractivity contribution in [2.75, 3.05) is 24.6 Å². The third-order valence-corrected chi connectivity index (χ3v) is 8.40. The van der Waals surface area contributed by atoms with Crippen molar-refractivity contribution < 1.29 is 13.2 Å². The molecule has 1 aromatic heterocycles. The minimum Gasteiger partial charge on any atom is -0.341 e. The fourth-order valence-corrected chi connectivity index (χ4v) is 7.50. The number of hydrogen-bond acceptors (Lipinski definition) is 4. The number of amides is 1. The van der Waals surface area contributed by atoms with Gasteiger partial charge < -0.3 is 4.90 Å². The minimum absolute atomic E-state index is 0.104. The molecule has 2 fully saturated rings. The van der Waals surface area contributed by atoms with Gasteiger partial charge >= 0.3 is 0 Å². The molecule has 0 spiro atoms. The van der Waals surface area contributed by atoms with E-state index in [9.17, 15) is 13.2 Å². The number of rotatable bonds is 3. The van der Waals surface area contributed by atoms with E-state index in [-0.39, 0.29) is 28.2 Å². The van der Waals surface area contributed by atoms with Gasteiger partial charge in [-0.15, -0.1) is 0 Å². The number of aryl methyl sites for hydroxylation is 1. The zero-order chi connectivity index (χ0) is 18.6. The number of carbonyl (C=O) groups excluding carboxylic acids is 1. The fraction of sp³-hybridized carbons (Fsp3) is 0.500. The lowest BCUT2D eigenvalue weighted by atomic mass is 9.71. The number of aromatic nitrogens is 1. The van der Waals surface area contributed by atoms with Crippen molar-refractivity contribution >= 4 is 26.6 Å². The first kappa shape index (κ1) is 17.5. The van der Waals surface area contributed by atoms with Gasteiger partial charge in [-0.3, -0.25) is 9.78 Å². The molecule has 2 saturated heterocycles. The second-order valence-corrected chi connectivity index (χ2v) is 10.5. The van der Waals surface area contributed by atoms with Gasteiger partial charge in [-0.25, -0.2) is 8.42 Å². The highest BCUT2D eigenvalue weighted by Gasteiger charge is 2.60. The second kappa shape index (κ2) is 5.78. The van der Waals surface area contributed by atoms with Crippen molar-refractivity contribution in [3.05, 3.63) is 42.1 Å². The summed E-state index contributed by atoms with van der Waals surface area (Å²) < 4.78 is 24.1. The molecule has 6 heteroatoms. The van der Waals surface area contributed by atoms with Gasteiger partial charge in [-0.2, -0.15) is 0 Å². The summed E-state index contributed by atoms with van der Waals surface area (Å²) in [5, 5.41) is 1.08. The quantitative estimate of drug-likeness (QED) is 0.830. The van der Waals surface area contributed by atoms with Crippen molar-refractivity contribution in [1.29, 1.82) is 0 Å². The molecule has 26 heavy (non-hydrogen) atoms. The van der Waals surface area contributed by atoms with Crippen molar-refractivity contribution in [3.63, 3.8) is 0 Å². The number of pyridine rings is 1. The molecule has 0 unspecified atom stereocenters. The average Bonchev–Trinajstić information content (AvgIpc) is 2.91. The van der Waals surface area contributed by atoms with Gasteiger partial charge in [0.15, 0.2) is 9.84 Å². The Morgan fingerprint density at radius 2 is 1.81 bits per heavy atom. The number of fused-ring (bicyclic) bond motifs is 2. The van der Waals surface area contributed by atoms with Crippen molar-refractivity contribution in [1.82, 2.24) is 9.88 Å². The van der Waals surface area contributed by atoms with Crippen LogP contribution in [0.25, 0.3) is 10.9 Å². The number of sulfone groups is 1. The standard InChI is InChI=1S/C20H24N2O3S/c1-19-11-22(12-20(19,2)14-26(24,25)13-19)18(23)8-7-15-9-16-5-3-4-6-17(16)21-10-15/h3-6,9-10H,7-8,11-14H2,1-2H3/t19-,20+. The molecule has 4 rings (SSSR count). The molecule has 1 amide bonds. The lowest BCUT2D eigenvalue weighted by Crippen LogP contribution is -2.34. The van der Waals surface area contributed by atoms with Crippen LogP contribution < -0.4 is 0 Å². The molecule has 0 saturated carbocycles. The van der Waals surface area contributed by atoms with Gasteiger partial charge in [-0.05, 0) is 24.1 Å². The van der Waals surface area contributed by atoms with Gasteiger partial charge in [0.1, 0.15) is 0 Å². The van der Waals surface area contributed by atoms with Crippen LogP contribution in [0.2, 0.25) is 0 Å². The number of carbonyl (C=O) groups is 1. The molecule has 3 heterocycles. The maximum absolute atomic E-state index is 12.7. The number of benzene rings is 1. The van der Waals surface area contributed by atoms with Crippen LogP contribution in [0.15, 0.2) is 36.5 Å². The Bertz CT molecular complexity index is 961. The summed E-state index contributed by atoms with van der Waals surface area (Å²) in [6, 6.07) is 10.0. The van der Waals surface area contributed by atoms with Gasteiger partial charge in [0.25, 0.3) is 0 Å². The van der Waals surface area contributed by atoms with Crippen LogP contribution >= 0.6 is 0 Å². The fourth-order valence-electron chi connectivity index (χ4n) is 4.58. The highest BCUT2D eigenvalue weighted by atomic mass is 32.2. The van der Waals surface area contributed by atoms with E-state index in [1.54, 1.807) is 0 Å². The highest BCUT2D eigenvalue weighted by Crippen LogP contribution is 2.52. The van der Waals surface area contributed by atoms with E-state index >= 15 is 0 Å². The number of hydrogen-bond donors (Lipinski definition) is 0. The third-order valence-electron chi connectivity index (χ3n) is 6.24. The van der Waals surface area contributed by atoms with E-state index in [1.807, 2.05) is 49.2 Å². The van der Waals surface area contributed by atoms with Crippen LogP contribution in [0.4, 0.5) is 0 Å². The first-order valence-electron chi connectivity index (χ1n) is 9.02. The summed E-state index contributed by atoms with van der Waals surface area (Å²) in [5.74, 6) is 0.483. The Labute approximate surface area is 154 Å². The maximum Gasteiger partial charge on any atom is 0.222 e. The van der Waals surface area contributed by atoms with Crippen molar-refractivity contribution in [3.8, 4) is 0 Å². The summed E-state index contributed by atoms with van der Waals surface area (Å²) in [6.45, 7) is 5.10. The molecule has 0 aliphatic carbocycles. The van der Waals surface area contributed by atoms with Crippen LogP contribution in [0, 0.1) is 10.8 Å². The normalized spacial score (nSPS) is 29.8. The first-order chi connectivity index (χ1) is 12.2. The molecule has 2 aliphatic rings. The molecule has 5 nitrogen and oxygen atoms in total. The van der Waals surface area contributed by atoms with Gasteiger partial charge in [0.05, 0.1) is 17.0 Å². The number of para-hydroxylation sites is 1. The first-order valence-corrected chi connectivity index (χ1v) is 10.8.